The van der Waals surface area contributed by atoms with Gasteiger partial charge in [-0.15, -0.1) is 0 Å². The molecule has 0 aliphatic rings. The highest BCUT2D eigenvalue weighted by Gasteiger charge is 2.12. The molecule has 1 aromatic heterocycles. The Kier molecular flexibility index (Phi) is 4.26. The maximum Gasteiger partial charge on any atom is 0.274 e. The lowest BCUT2D eigenvalue weighted by Gasteiger charge is -2.06. The lowest BCUT2D eigenvalue weighted by Crippen LogP contribution is -2.18. The number of carbonyl (C=O) groups is 1. The Hall–Kier alpha value is -2.36. The number of aryl methyl sites for hydroxylation is 5. The van der Waals surface area contributed by atoms with Crippen LogP contribution in [0.25, 0.3) is 0 Å². The van der Waals surface area contributed by atoms with Crippen LogP contribution in [0.3, 0.4) is 0 Å². The number of hydrazone groups is 1. The zero-order valence-electron chi connectivity index (χ0n) is 13.1. The molecule has 0 bridgehead atoms. The third-order valence-corrected chi connectivity index (χ3v) is 3.38. The number of nitrogens with one attached hydrogen (secondary N) is 1. The summed E-state index contributed by atoms with van der Waals surface area (Å²) in [5, 5.41) is 4.05. The van der Waals surface area contributed by atoms with Gasteiger partial charge in [0, 0.05) is 5.56 Å². The van der Waals surface area contributed by atoms with Gasteiger partial charge in [-0.3, -0.25) is 4.79 Å². The summed E-state index contributed by atoms with van der Waals surface area (Å²) in [4.78, 5) is 12.0. The minimum absolute atomic E-state index is 0.261. The molecule has 0 spiro atoms. The number of hydrogen-bond acceptors (Lipinski definition) is 3. The molecule has 0 fully saturated rings. The van der Waals surface area contributed by atoms with Gasteiger partial charge in [0.2, 0.25) is 0 Å². The third kappa shape index (κ3) is 3.40. The second kappa shape index (κ2) is 5.95. The van der Waals surface area contributed by atoms with Crippen LogP contribution >= 0.6 is 0 Å². The van der Waals surface area contributed by atoms with Gasteiger partial charge < -0.3 is 4.42 Å². The van der Waals surface area contributed by atoms with Crippen molar-refractivity contribution in [1.82, 2.24) is 5.43 Å². The van der Waals surface area contributed by atoms with E-state index in [1.807, 2.05) is 20.8 Å². The molecule has 2 rings (SSSR count). The average Bonchev–Trinajstić information content (AvgIpc) is 2.71. The molecule has 0 saturated heterocycles. The van der Waals surface area contributed by atoms with E-state index in [-0.39, 0.29) is 5.91 Å². The minimum atomic E-state index is -0.261. The van der Waals surface area contributed by atoms with E-state index in [2.05, 4.69) is 29.6 Å². The molecule has 4 heteroatoms. The van der Waals surface area contributed by atoms with E-state index in [0.29, 0.717) is 17.1 Å². The van der Waals surface area contributed by atoms with E-state index in [1.54, 1.807) is 19.2 Å². The molecule has 0 radical (unpaired) electrons. The normalized spacial score (nSPS) is 11.1. The molecule has 110 valence electrons. The summed E-state index contributed by atoms with van der Waals surface area (Å²) in [6.07, 6.45) is 1.68. The van der Waals surface area contributed by atoms with Gasteiger partial charge in [0.1, 0.15) is 11.5 Å². The number of rotatable bonds is 3. The van der Waals surface area contributed by atoms with Crippen LogP contribution in [0.2, 0.25) is 0 Å². The van der Waals surface area contributed by atoms with Crippen LogP contribution in [-0.2, 0) is 0 Å². The first kappa shape index (κ1) is 15.0. The van der Waals surface area contributed by atoms with Crippen molar-refractivity contribution in [3.8, 4) is 0 Å². The SMILES string of the molecule is Cc1cc(C)c(/C=N/NC(=O)c2cc(C)oc2C)c(C)c1. The number of amides is 1. The van der Waals surface area contributed by atoms with Crippen molar-refractivity contribution in [3.05, 3.63) is 57.5 Å². The fourth-order valence-corrected chi connectivity index (χ4v) is 2.47. The van der Waals surface area contributed by atoms with Crippen LogP contribution < -0.4 is 5.43 Å². The number of benzene rings is 1. The number of furan rings is 1. The lowest BCUT2D eigenvalue weighted by molar-refractivity contribution is 0.0953. The van der Waals surface area contributed by atoms with Gasteiger partial charge in [-0.1, -0.05) is 17.7 Å². The number of carbonyl (C=O) groups excluding carboxylic acids is 1. The predicted octanol–water partition coefficient (Wildman–Crippen LogP) is 3.59. The molecule has 1 amide bonds. The van der Waals surface area contributed by atoms with Crippen LogP contribution in [0.1, 0.15) is 44.1 Å². The van der Waals surface area contributed by atoms with E-state index in [9.17, 15) is 4.79 Å². The van der Waals surface area contributed by atoms with E-state index in [0.717, 1.165) is 16.7 Å². The van der Waals surface area contributed by atoms with E-state index in [1.165, 1.54) is 5.56 Å². The van der Waals surface area contributed by atoms with Gasteiger partial charge in [0.25, 0.3) is 5.91 Å². The summed E-state index contributed by atoms with van der Waals surface area (Å²) in [7, 11) is 0. The zero-order valence-corrected chi connectivity index (χ0v) is 13.1. The minimum Gasteiger partial charge on any atom is -0.466 e. The van der Waals surface area contributed by atoms with Crippen molar-refractivity contribution in [3.63, 3.8) is 0 Å². The second-order valence-corrected chi connectivity index (χ2v) is 5.34. The van der Waals surface area contributed by atoms with Gasteiger partial charge >= 0.3 is 0 Å². The van der Waals surface area contributed by atoms with Crippen LogP contribution in [-0.4, -0.2) is 12.1 Å². The molecule has 0 aliphatic heterocycles. The number of nitrogens with zero attached hydrogens (tertiary/aromatic N) is 1. The van der Waals surface area contributed by atoms with Gasteiger partial charge in [0.05, 0.1) is 11.8 Å². The monoisotopic (exact) mass is 284 g/mol. The Balaban J connectivity index is 2.13. The van der Waals surface area contributed by atoms with E-state index >= 15 is 0 Å². The Morgan fingerprint density at radius 2 is 1.71 bits per heavy atom. The van der Waals surface area contributed by atoms with Gasteiger partial charge in [-0.05, 0) is 51.8 Å². The first-order valence-electron chi connectivity index (χ1n) is 6.86. The molecule has 0 atom stereocenters. The van der Waals surface area contributed by atoms with Crippen molar-refractivity contribution in [2.24, 2.45) is 5.10 Å². The van der Waals surface area contributed by atoms with Gasteiger partial charge in [-0.2, -0.15) is 5.10 Å². The molecule has 1 aromatic carbocycles. The molecule has 0 aliphatic carbocycles. The first-order valence-corrected chi connectivity index (χ1v) is 6.86. The molecule has 0 saturated carbocycles. The summed E-state index contributed by atoms with van der Waals surface area (Å²) < 4.78 is 5.34. The maximum atomic E-state index is 12.0. The summed E-state index contributed by atoms with van der Waals surface area (Å²) >= 11 is 0. The topological polar surface area (TPSA) is 54.6 Å². The van der Waals surface area contributed by atoms with Crippen LogP contribution in [0, 0.1) is 34.6 Å². The van der Waals surface area contributed by atoms with Crippen molar-refractivity contribution < 1.29 is 9.21 Å². The summed E-state index contributed by atoms with van der Waals surface area (Å²) in [6, 6.07) is 5.90. The number of hydrogen-bond donors (Lipinski definition) is 1. The average molecular weight is 284 g/mol. The van der Waals surface area contributed by atoms with Crippen molar-refractivity contribution in [2.45, 2.75) is 34.6 Å². The highest BCUT2D eigenvalue weighted by molar-refractivity contribution is 5.96. The largest absolute Gasteiger partial charge is 0.466 e. The molecule has 1 N–H and O–H groups in total. The van der Waals surface area contributed by atoms with Crippen molar-refractivity contribution in [1.29, 1.82) is 0 Å². The van der Waals surface area contributed by atoms with Gasteiger partial charge in [0.15, 0.2) is 0 Å². The zero-order chi connectivity index (χ0) is 15.6. The van der Waals surface area contributed by atoms with E-state index < -0.39 is 0 Å². The standard InChI is InChI=1S/C17H20N2O2/c1-10-6-11(2)16(12(3)7-10)9-18-19-17(20)15-8-13(4)21-14(15)5/h6-9H,1-5H3,(H,19,20)/b18-9+. The lowest BCUT2D eigenvalue weighted by atomic mass is 10.0. The summed E-state index contributed by atoms with van der Waals surface area (Å²) in [6.45, 7) is 9.71. The molecule has 1 heterocycles. The molecule has 21 heavy (non-hydrogen) atoms. The van der Waals surface area contributed by atoms with Crippen LogP contribution in [0.4, 0.5) is 0 Å². The highest BCUT2D eigenvalue weighted by Crippen LogP contribution is 2.15. The molecule has 2 aromatic rings. The Morgan fingerprint density at radius 1 is 1.10 bits per heavy atom. The molecule has 0 unspecified atom stereocenters. The Labute approximate surface area is 124 Å². The van der Waals surface area contributed by atoms with E-state index in [4.69, 9.17) is 4.42 Å². The van der Waals surface area contributed by atoms with Crippen LogP contribution in [0.15, 0.2) is 27.7 Å². The molecular weight excluding hydrogens is 264 g/mol. The Morgan fingerprint density at radius 3 is 2.24 bits per heavy atom. The molecular formula is C17H20N2O2. The van der Waals surface area contributed by atoms with Gasteiger partial charge in [-0.25, -0.2) is 5.43 Å². The highest BCUT2D eigenvalue weighted by atomic mass is 16.3. The third-order valence-electron chi connectivity index (χ3n) is 3.38. The smallest absolute Gasteiger partial charge is 0.274 e. The van der Waals surface area contributed by atoms with Crippen molar-refractivity contribution in [2.75, 3.05) is 0 Å². The fraction of sp³-hybridized carbons (Fsp3) is 0.294. The Bertz CT molecular complexity index is 689. The fourth-order valence-electron chi connectivity index (χ4n) is 2.47. The second-order valence-electron chi connectivity index (χ2n) is 5.34. The quantitative estimate of drug-likeness (QED) is 0.691. The van der Waals surface area contributed by atoms with Crippen LogP contribution in [0.5, 0.6) is 0 Å². The first-order chi connectivity index (χ1) is 9.88. The summed E-state index contributed by atoms with van der Waals surface area (Å²) in [5.74, 6) is 1.05. The summed E-state index contributed by atoms with van der Waals surface area (Å²) in [5.41, 5.74) is 7.58. The maximum absolute atomic E-state index is 12.0. The molecule has 4 nitrogen and oxygen atoms in total. The predicted molar refractivity (Wildman–Crippen MR) is 83.9 cm³/mol. The van der Waals surface area contributed by atoms with Crippen molar-refractivity contribution >= 4 is 12.1 Å².